The molecule has 6 heteroatoms. The molecule has 6 nitrogen and oxygen atoms in total. The van der Waals surface area contributed by atoms with Gasteiger partial charge in [0.1, 0.15) is 5.75 Å². The van der Waals surface area contributed by atoms with Crippen molar-refractivity contribution in [1.29, 1.82) is 0 Å². The molecule has 1 fully saturated rings. The second kappa shape index (κ2) is 6.40. The Morgan fingerprint density at radius 3 is 2.63 bits per heavy atom. The van der Waals surface area contributed by atoms with Crippen LogP contribution in [0, 0.1) is 0 Å². The molecule has 0 aromatic heterocycles. The highest BCUT2D eigenvalue weighted by atomic mass is 16.8. The molecule has 0 bridgehead atoms. The summed E-state index contributed by atoms with van der Waals surface area (Å²) in [5.74, 6) is 0.752. The summed E-state index contributed by atoms with van der Waals surface area (Å²) in [5, 5.41) is 0. The van der Waals surface area contributed by atoms with Crippen LogP contribution in [0.25, 0.3) is 0 Å². The van der Waals surface area contributed by atoms with Crippen molar-refractivity contribution >= 4 is 6.16 Å². The summed E-state index contributed by atoms with van der Waals surface area (Å²) in [6.45, 7) is 0.443. The summed E-state index contributed by atoms with van der Waals surface area (Å²) in [7, 11) is 2.85. The third-order valence-electron chi connectivity index (χ3n) is 2.68. The van der Waals surface area contributed by atoms with Crippen LogP contribution in [0.5, 0.6) is 5.75 Å². The molecule has 0 N–H and O–H groups in total. The molecule has 2 atom stereocenters. The number of rotatable bonds is 3. The molecule has 1 aliphatic rings. The van der Waals surface area contributed by atoms with Crippen LogP contribution >= 0.6 is 0 Å². The van der Waals surface area contributed by atoms with Gasteiger partial charge in [0.25, 0.3) is 0 Å². The highest BCUT2D eigenvalue weighted by molar-refractivity contribution is 5.59. The predicted molar refractivity (Wildman–Crippen MR) is 64.7 cm³/mol. The highest BCUT2D eigenvalue weighted by Crippen LogP contribution is 2.28. The van der Waals surface area contributed by atoms with Crippen LogP contribution < -0.4 is 4.74 Å². The van der Waals surface area contributed by atoms with Gasteiger partial charge in [-0.15, -0.1) is 0 Å². The summed E-state index contributed by atoms with van der Waals surface area (Å²) in [6.07, 6.45) is -1.51. The molecular formula is C13H16O6. The minimum Gasteiger partial charge on any atom is -0.497 e. The monoisotopic (exact) mass is 268 g/mol. The van der Waals surface area contributed by atoms with E-state index in [0.717, 1.165) is 11.3 Å². The fraction of sp³-hybridized carbons (Fsp3) is 0.462. The molecule has 1 aromatic rings. The molecule has 1 aliphatic heterocycles. The van der Waals surface area contributed by atoms with E-state index in [2.05, 4.69) is 4.74 Å². The Hall–Kier alpha value is -1.79. The van der Waals surface area contributed by atoms with Crippen LogP contribution in [0.1, 0.15) is 18.3 Å². The van der Waals surface area contributed by atoms with Crippen molar-refractivity contribution in [2.75, 3.05) is 20.8 Å². The van der Waals surface area contributed by atoms with E-state index in [1.165, 1.54) is 7.11 Å². The van der Waals surface area contributed by atoms with Crippen LogP contribution in [0.4, 0.5) is 4.79 Å². The number of benzene rings is 1. The first-order valence-corrected chi connectivity index (χ1v) is 5.88. The Morgan fingerprint density at radius 1 is 1.26 bits per heavy atom. The van der Waals surface area contributed by atoms with E-state index in [0.29, 0.717) is 13.0 Å². The maximum atomic E-state index is 11.0. The van der Waals surface area contributed by atoms with Gasteiger partial charge in [-0.1, -0.05) is 12.1 Å². The number of hydrogen-bond acceptors (Lipinski definition) is 6. The fourth-order valence-electron chi connectivity index (χ4n) is 1.69. The van der Waals surface area contributed by atoms with Gasteiger partial charge in [0.05, 0.1) is 20.8 Å². The zero-order chi connectivity index (χ0) is 13.7. The summed E-state index contributed by atoms with van der Waals surface area (Å²) in [4.78, 5) is 11.0. The molecule has 1 saturated heterocycles. The molecule has 0 spiro atoms. The SMILES string of the molecule is COC(=O)O[C@H]1CCO[C@H](c2ccc(OC)cc2)O1. The van der Waals surface area contributed by atoms with Gasteiger partial charge in [0.15, 0.2) is 6.29 Å². The van der Waals surface area contributed by atoms with Crippen LogP contribution in [0.15, 0.2) is 24.3 Å². The Balaban J connectivity index is 1.97. The largest absolute Gasteiger partial charge is 0.510 e. The van der Waals surface area contributed by atoms with E-state index < -0.39 is 18.7 Å². The van der Waals surface area contributed by atoms with Gasteiger partial charge in [0, 0.05) is 12.0 Å². The molecular weight excluding hydrogens is 252 g/mol. The quantitative estimate of drug-likeness (QED) is 0.783. The number of carbonyl (C=O) groups excluding carboxylic acids is 1. The first-order valence-electron chi connectivity index (χ1n) is 5.88. The molecule has 1 aromatic carbocycles. The third-order valence-corrected chi connectivity index (χ3v) is 2.68. The molecule has 0 radical (unpaired) electrons. The second-order valence-corrected chi connectivity index (χ2v) is 3.90. The number of methoxy groups -OCH3 is 2. The van der Waals surface area contributed by atoms with Crippen molar-refractivity contribution in [3.63, 3.8) is 0 Å². The van der Waals surface area contributed by atoms with E-state index in [1.807, 2.05) is 24.3 Å². The zero-order valence-electron chi connectivity index (χ0n) is 10.8. The van der Waals surface area contributed by atoms with E-state index in [4.69, 9.17) is 18.9 Å². The van der Waals surface area contributed by atoms with E-state index >= 15 is 0 Å². The first-order chi connectivity index (χ1) is 9.22. The van der Waals surface area contributed by atoms with Crippen molar-refractivity contribution in [3.8, 4) is 5.75 Å². The van der Waals surface area contributed by atoms with Gasteiger partial charge in [-0.25, -0.2) is 4.79 Å². The smallest absolute Gasteiger partial charge is 0.497 e. The van der Waals surface area contributed by atoms with Crippen LogP contribution in [0.3, 0.4) is 0 Å². The van der Waals surface area contributed by atoms with Gasteiger partial charge >= 0.3 is 6.16 Å². The molecule has 104 valence electrons. The van der Waals surface area contributed by atoms with Gasteiger partial charge in [-0.3, -0.25) is 0 Å². The van der Waals surface area contributed by atoms with Crippen LogP contribution in [-0.4, -0.2) is 33.3 Å². The van der Waals surface area contributed by atoms with Gasteiger partial charge < -0.3 is 23.7 Å². The fourth-order valence-corrected chi connectivity index (χ4v) is 1.69. The van der Waals surface area contributed by atoms with E-state index in [-0.39, 0.29) is 0 Å². The zero-order valence-corrected chi connectivity index (χ0v) is 10.8. The van der Waals surface area contributed by atoms with E-state index in [1.54, 1.807) is 7.11 Å². The summed E-state index contributed by atoms with van der Waals surface area (Å²) >= 11 is 0. The molecule has 0 saturated carbocycles. The first kappa shape index (κ1) is 13.6. The third kappa shape index (κ3) is 3.59. The molecule has 0 aliphatic carbocycles. The van der Waals surface area contributed by atoms with Crippen molar-refractivity contribution in [2.24, 2.45) is 0 Å². The molecule has 1 heterocycles. The predicted octanol–water partition coefficient (Wildman–Crippen LogP) is 2.24. The maximum absolute atomic E-state index is 11.0. The maximum Gasteiger partial charge on any atom is 0.510 e. The lowest BCUT2D eigenvalue weighted by Gasteiger charge is -2.29. The Bertz CT molecular complexity index is 416. The minimum absolute atomic E-state index is 0.443. The van der Waals surface area contributed by atoms with Crippen molar-refractivity contribution in [3.05, 3.63) is 29.8 Å². The van der Waals surface area contributed by atoms with Crippen LogP contribution in [-0.2, 0) is 18.9 Å². The highest BCUT2D eigenvalue weighted by Gasteiger charge is 2.27. The summed E-state index contributed by atoms with van der Waals surface area (Å²) in [5.41, 5.74) is 0.832. The standard InChI is InChI=1S/C13H16O6/c1-15-10-5-3-9(4-6-10)12-17-8-7-11(18-12)19-13(14)16-2/h3-6,11-12H,7-8H2,1-2H3/t11-,12-/m0/s1. The van der Waals surface area contributed by atoms with E-state index in [9.17, 15) is 4.79 Å². The lowest BCUT2D eigenvalue weighted by Crippen LogP contribution is -2.31. The minimum atomic E-state index is -0.764. The topological polar surface area (TPSA) is 63.2 Å². The van der Waals surface area contributed by atoms with Gasteiger partial charge in [-0.05, 0) is 12.1 Å². The summed E-state index contributed by atoms with van der Waals surface area (Å²) < 4.78 is 25.5. The molecule has 0 unspecified atom stereocenters. The van der Waals surface area contributed by atoms with Crippen molar-refractivity contribution < 1.29 is 28.5 Å². The van der Waals surface area contributed by atoms with Crippen LogP contribution in [0.2, 0.25) is 0 Å². The average molecular weight is 268 g/mol. The lowest BCUT2D eigenvalue weighted by molar-refractivity contribution is -0.276. The number of hydrogen-bond donors (Lipinski definition) is 0. The molecule has 19 heavy (non-hydrogen) atoms. The second-order valence-electron chi connectivity index (χ2n) is 3.90. The molecule has 2 rings (SSSR count). The summed E-state index contributed by atoms with van der Waals surface area (Å²) in [6, 6.07) is 7.30. The normalized spacial score (nSPS) is 22.6. The molecule has 0 amide bonds. The number of ether oxygens (including phenoxy) is 5. The van der Waals surface area contributed by atoms with Crippen molar-refractivity contribution in [2.45, 2.75) is 19.0 Å². The number of carbonyl (C=O) groups is 1. The Labute approximate surface area is 111 Å². The Morgan fingerprint density at radius 2 is 2.00 bits per heavy atom. The average Bonchev–Trinajstić information content (AvgIpc) is 2.47. The Kier molecular flexibility index (Phi) is 4.59. The lowest BCUT2D eigenvalue weighted by atomic mass is 10.2. The van der Waals surface area contributed by atoms with Gasteiger partial charge in [-0.2, -0.15) is 0 Å². The van der Waals surface area contributed by atoms with Crippen molar-refractivity contribution in [1.82, 2.24) is 0 Å². The van der Waals surface area contributed by atoms with Gasteiger partial charge in [0.2, 0.25) is 6.29 Å².